The van der Waals surface area contributed by atoms with Crippen LogP contribution in [0, 0.1) is 5.82 Å². The highest BCUT2D eigenvalue weighted by Crippen LogP contribution is 2.26. The number of aromatic nitrogens is 2. The number of ether oxygens (including phenoxy) is 1. The molecule has 29 heavy (non-hydrogen) atoms. The molecular weight excluding hydrogens is 371 g/mol. The lowest BCUT2D eigenvalue weighted by molar-refractivity contribution is 0.0966. The van der Waals surface area contributed by atoms with E-state index < -0.39 is 5.82 Å². The van der Waals surface area contributed by atoms with Gasteiger partial charge in [-0.1, -0.05) is 18.2 Å². The van der Waals surface area contributed by atoms with Crippen LogP contribution in [0.2, 0.25) is 0 Å². The number of nitrogens with zero attached hydrogens (tertiary/aromatic N) is 2. The Labute approximate surface area is 166 Å². The highest BCUT2D eigenvalue weighted by Gasteiger charge is 2.15. The largest absolute Gasteiger partial charge is 0.497 e. The van der Waals surface area contributed by atoms with Crippen molar-refractivity contribution in [2.75, 3.05) is 7.11 Å². The van der Waals surface area contributed by atoms with E-state index in [4.69, 9.17) is 4.74 Å². The lowest BCUT2D eigenvalue weighted by Gasteiger charge is -2.11. The van der Waals surface area contributed by atoms with Gasteiger partial charge in [-0.2, -0.15) is 5.10 Å². The van der Waals surface area contributed by atoms with E-state index >= 15 is 0 Å². The molecule has 0 unspecified atom stereocenters. The Morgan fingerprint density at radius 3 is 2.28 bits per heavy atom. The molecule has 0 aliphatic rings. The summed E-state index contributed by atoms with van der Waals surface area (Å²) in [5.74, 6) is -0.0437. The Morgan fingerprint density at radius 1 is 0.966 bits per heavy atom. The molecule has 6 heteroatoms. The summed E-state index contributed by atoms with van der Waals surface area (Å²) >= 11 is 0. The molecule has 0 spiro atoms. The molecule has 0 bridgehead atoms. The van der Waals surface area contributed by atoms with Crippen LogP contribution in [0.3, 0.4) is 0 Å². The molecule has 0 N–H and O–H groups in total. The number of fused-ring (bicyclic) bond motifs is 1. The molecule has 0 aliphatic carbocycles. The molecule has 1 aromatic heterocycles. The standard InChI is InChI=1S/C23H17FN2O3/c1-29-18-12-8-16(9-13-18)22-19-4-2-3-5-20(19)23(28)26(25-22)14-21(27)15-6-10-17(24)11-7-15/h2-13H,14H2,1H3. The van der Waals surface area contributed by atoms with E-state index in [1.807, 2.05) is 36.4 Å². The topological polar surface area (TPSA) is 61.2 Å². The van der Waals surface area contributed by atoms with E-state index in [0.717, 1.165) is 10.2 Å². The third kappa shape index (κ3) is 3.65. The Balaban J connectivity index is 1.82. The van der Waals surface area contributed by atoms with Gasteiger partial charge in [0.2, 0.25) is 0 Å². The molecule has 144 valence electrons. The quantitative estimate of drug-likeness (QED) is 0.483. The molecule has 0 saturated heterocycles. The predicted molar refractivity (Wildman–Crippen MR) is 109 cm³/mol. The second-order valence-corrected chi connectivity index (χ2v) is 6.52. The number of halogens is 1. The first kappa shape index (κ1) is 18.6. The lowest BCUT2D eigenvalue weighted by atomic mass is 10.0. The average Bonchev–Trinajstić information content (AvgIpc) is 2.76. The van der Waals surface area contributed by atoms with Crippen LogP contribution in [-0.2, 0) is 6.54 Å². The maximum absolute atomic E-state index is 13.1. The summed E-state index contributed by atoms with van der Waals surface area (Å²) in [6.45, 7) is -0.238. The van der Waals surface area contributed by atoms with Gasteiger partial charge in [0.15, 0.2) is 5.78 Å². The van der Waals surface area contributed by atoms with Gasteiger partial charge in [-0.15, -0.1) is 0 Å². The normalized spacial score (nSPS) is 10.8. The van der Waals surface area contributed by atoms with E-state index in [0.29, 0.717) is 27.8 Å². The molecule has 4 aromatic rings. The van der Waals surface area contributed by atoms with Gasteiger partial charge < -0.3 is 4.74 Å². The summed E-state index contributed by atoms with van der Waals surface area (Å²) in [6.07, 6.45) is 0. The number of Topliss-reactive ketones (excluding diaryl/α,β-unsaturated/α-hetero) is 1. The van der Waals surface area contributed by atoms with Crippen LogP contribution >= 0.6 is 0 Å². The molecule has 0 aliphatic heterocycles. The van der Waals surface area contributed by atoms with Gasteiger partial charge >= 0.3 is 0 Å². The number of methoxy groups -OCH3 is 1. The van der Waals surface area contributed by atoms with Crippen molar-refractivity contribution in [3.8, 4) is 17.0 Å². The van der Waals surface area contributed by atoms with Crippen LogP contribution in [0.4, 0.5) is 4.39 Å². The van der Waals surface area contributed by atoms with Gasteiger partial charge in [0.25, 0.3) is 5.56 Å². The van der Waals surface area contributed by atoms with E-state index in [9.17, 15) is 14.0 Å². The van der Waals surface area contributed by atoms with Gasteiger partial charge in [0.05, 0.1) is 18.2 Å². The Morgan fingerprint density at radius 2 is 1.62 bits per heavy atom. The molecule has 3 aromatic carbocycles. The minimum absolute atomic E-state index is 0.238. The van der Waals surface area contributed by atoms with Crippen LogP contribution in [0.25, 0.3) is 22.0 Å². The number of hydrogen-bond donors (Lipinski definition) is 0. The monoisotopic (exact) mass is 388 g/mol. The SMILES string of the molecule is COc1ccc(-c2nn(CC(=O)c3ccc(F)cc3)c(=O)c3ccccc23)cc1. The van der Waals surface area contributed by atoms with Gasteiger partial charge in [-0.3, -0.25) is 9.59 Å². The Kier molecular flexibility index (Phi) is 4.91. The molecule has 4 rings (SSSR count). The first-order chi connectivity index (χ1) is 14.1. The highest BCUT2D eigenvalue weighted by molar-refractivity contribution is 5.97. The maximum atomic E-state index is 13.1. The van der Waals surface area contributed by atoms with Gasteiger partial charge in [-0.25, -0.2) is 9.07 Å². The summed E-state index contributed by atoms with van der Waals surface area (Å²) in [5, 5.41) is 5.65. The van der Waals surface area contributed by atoms with Crippen molar-refractivity contribution in [2.24, 2.45) is 0 Å². The van der Waals surface area contributed by atoms with E-state index in [2.05, 4.69) is 5.10 Å². The van der Waals surface area contributed by atoms with Crippen LogP contribution in [0.5, 0.6) is 5.75 Å². The Hall–Kier alpha value is -3.80. The Bertz CT molecular complexity index is 1250. The summed E-state index contributed by atoms with van der Waals surface area (Å²) in [4.78, 5) is 25.5. The number of hydrogen-bond acceptors (Lipinski definition) is 4. The zero-order chi connectivity index (χ0) is 20.4. The zero-order valence-corrected chi connectivity index (χ0v) is 15.6. The van der Waals surface area contributed by atoms with Crippen molar-refractivity contribution in [3.63, 3.8) is 0 Å². The van der Waals surface area contributed by atoms with Crippen molar-refractivity contribution < 1.29 is 13.9 Å². The zero-order valence-electron chi connectivity index (χ0n) is 15.6. The molecule has 0 saturated carbocycles. The van der Waals surface area contributed by atoms with Crippen LogP contribution < -0.4 is 10.3 Å². The molecule has 5 nitrogen and oxygen atoms in total. The molecule has 0 fully saturated rings. The predicted octanol–water partition coefficient (Wildman–Crippen LogP) is 4.09. The fourth-order valence-corrected chi connectivity index (χ4v) is 3.17. The lowest BCUT2D eigenvalue weighted by Crippen LogP contribution is -2.27. The molecule has 1 heterocycles. The third-order valence-corrected chi connectivity index (χ3v) is 4.69. The number of benzene rings is 3. The van der Waals surface area contributed by atoms with E-state index in [1.54, 1.807) is 19.2 Å². The van der Waals surface area contributed by atoms with Crippen molar-refractivity contribution in [3.05, 3.63) is 94.5 Å². The number of ketones is 1. The van der Waals surface area contributed by atoms with Gasteiger partial charge in [0.1, 0.15) is 18.1 Å². The fraction of sp³-hybridized carbons (Fsp3) is 0.0870. The van der Waals surface area contributed by atoms with Crippen molar-refractivity contribution in [1.82, 2.24) is 9.78 Å². The first-order valence-corrected chi connectivity index (χ1v) is 9.00. The fourth-order valence-electron chi connectivity index (χ4n) is 3.17. The second-order valence-electron chi connectivity index (χ2n) is 6.52. The van der Waals surface area contributed by atoms with Crippen molar-refractivity contribution in [1.29, 1.82) is 0 Å². The van der Waals surface area contributed by atoms with E-state index in [-0.39, 0.29) is 17.9 Å². The third-order valence-electron chi connectivity index (χ3n) is 4.69. The number of rotatable bonds is 5. The van der Waals surface area contributed by atoms with Crippen LogP contribution in [-0.4, -0.2) is 22.7 Å². The average molecular weight is 388 g/mol. The first-order valence-electron chi connectivity index (χ1n) is 9.00. The highest BCUT2D eigenvalue weighted by atomic mass is 19.1. The second kappa shape index (κ2) is 7.67. The summed E-state index contributed by atoms with van der Waals surface area (Å²) < 4.78 is 19.5. The van der Waals surface area contributed by atoms with Gasteiger partial charge in [0, 0.05) is 16.5 Å². The van der Waals surface area contributed by atoms with Crippen LogP contribution in [0.1, 0.15) is 10.4 Å². The van der Waals surface area contributed by atoms with Crippen molar-refractivity contribution >= 4 is 16.6 Å². The molecule has 0 atom stereocenters. The summed E-state index contributed by atoms with van der Waals surface area (Å²) in [7, 11) is 1.59. The smallest absolute Gasteiger partial charge is 0.275 e. The van der Waals surface area contributed by atoms with E-state index in [1.165, 1.54) is 24.3 Å². The maximum Gasteiger partial charge on any atom is 0.275 e. The molecule has 0 amide bonds. The van der Waals surface area contributed by atoms with Crippen molar-refractivity contribution in [2.45, 2.75) is 6.54 Å². The van der Waals surface area contributed by atoms with Crippen LogP contribution in [0.15, 0.2) is 77.6 Å². The number of carbonyl (C=O) groups is 1. The molecule has 0 radical (unpaired) electrons. The number of carbonyl (C=O) groups excluding carboxylic acids is 1. The minimum atomic E-state index is -0.427. The molecular formula is C23H17FN2O3. The summed E-state index contributed by atoms with van der Waals surface area (Å²) in [6, 6.07) is 19.7. The van der Waals surface area contributed by atoms with Gasteiger partial charge in [-0.05, 0) is 54.6 Å². The summed E-state index contributed by atoms with van der Waals surface area (Å²) in [5.41, 5.74) is 1.35. The minimum Gasteiger partial charge on any atom is -0.497 e.